The number of ether oxygens (including phenoxy) is 2. The summed E-state index contributed by atoms with van der Waals surface area (Å²) >= 11 is 12.4. The van der Waals surface area contributed by atoms with Crippen LogP contribution < -0.4 is 21.7 Å². The molecule has 9 nitrogen and oxygen atoms in total. The molecule has 1 saturated heterocycles. The minimum atomic E-state index is -1.12. The SMILES string of the molecule is CC(C)Oc1ccc(N=c2n(C)c(=O)n(C3(CO)COC3)c(=O)n2Cc2ccc(Cl)cc2)cc1Cl. The molecule has 0 saturated carbocycles. The molecule has 2 heterocycles. The van der Waals surface area contributed by atoms with E-state index in [1.807, 2.05) is 13.8 Å². The maximum absolute atomic E-state index is 13.7. The van der Waals surface area contributed by atoms with Gasteiger partial charge >= 0.3 is 11.4 Å². The molecular formula is C24H26Cl2N4O5. The third kappa shape index (κ3) is 4.95. The molecule has 1 aliphatic heterocycles. The number of aromatic nitrogens is 3. The third-order valence-corrected chi connectivity index (χ3v) is 6.26. The maximum atomic E-state index is 13.7. The number of aliphatic hydroxyl groups is 1. The highest BCUT2D eigenvalue weighted by atomic mass is 35.5. The molecule has 0 amide bonds. The second-order valence-corrected chi connectivity index (χ2v) is 9.58. The van der Waals surface area contributed by atoms with Crippen molar-refractivity contribution in [2.45, 2.75) is 32.0 Å². The number of nitrogens with zero attached hydrogens (tertiary/aromatic N) is 4. The average Bonchev–Trinajstić information content (AvgIpc) is 2.79. The van der Waals surface area contributed by atoms with Gasteiger partial charge in [-0.1, -0.05) is 35.3 Å². The van der Waals surface area contributed by atoms with Gasteiger partial charge in [0.15, 0.2) is 0 Å². The standard InChI is InChI=1S/C24H26Cl2N4O5/c1-15(2)35-20-9-8-18(10-19(20)26)27-21-28(3)22(32)30(24(12-31)13-34-14-24)23(33)29(21)11-16-4-6-17(25)7-5-16/h4-10,15,31H,11-14H2,1-3H3. The zero-order chi connectivity index (χ0) is 25.3. The van der Waals surface area contributed by atoms with Crippen molar-refractivity contribution in [3.05, 3.63) is 84.7 Å². The van der Waals surface area contributed by atoms with Crippen LogP contribution in [0.5, 0.6) is 5.75 Å². The Morgan fingerprint density at radius 1 is 1.11 bits per heavy atom. The number of benzene rings is 2. The predicted octanol–water partition coefficient (Wildman–Crippen LogP) is 2.44. The Hall–Kier alpha value is -2.85. The largest absolute Gasteiger partial charge is 0.489 e. The molecule has 0 atom stereocenters. The van der Waals surface area contributed by atoms with Gasteiger partial charge < -0.3 is 14.6 Å². The summed E-state index contributed by atoms with van der Waals surface area (Å²) in [6.45, 7) is 3.61. The fraction of sp³-hybridized carbons (Fsp3) is 0.375. The molecule has 1 N–H and O–H groups in total. The van der Waals surface area contributed by atoms with Crippen LogP contribution in [-0.2, 0) is 23.9 Å². The molecule has 2 aromatic carbocycles. The van der Waals surface area contributed by atoms with Crippen molar-refractivity contribution < 1.29 is 14.6 Å². The van der Waals surface area contributed by atoms with Gasteiger partial charge in [-0.25, -0.2) is 19.1 Å². The fourth-order valence-electron chi connectivity index (χ4n) is 3.81. The molecule has 0 unspecified atom stereocenters. The lowest BCUT2D eigenvalue weighted by Gasteiger charge is -2.40. The number of rotatable bonds is 7. The van der Waals surface area contributed by atoms with Crippen molar-refractivity contribution in [1.29, 1.82) is 0 Å². The second kappa shape index (κ2) is 10.0. The summed E-state index contributed by atoms with van der Waals surface area (Å²) in [4.78, 5) is 31.6. The van der Waals surface area contributed by atoms with E-state index in [0.29, 0.717) is 21.5 Å². The van der Waals surface area contributed by atoms with Crippen LogP contribution in [0.3, 0.4) is 0 Å². The highest BCUT2D eigenvalue weighted by molar-refractivity contribution is 6.32. The summed E-state index contributed by atoms with van der Waals surface area (Å²) in [6.07, 6.45) is -0.0560. The first-order chi connectivity index (χ1) is 16.6. The van der Waals surface area contributed by atoms with Gasteiger partial charge in [0, 0.05) is 12.1 Å². The van der Waals surface area contributed by atoms with Crippen LogP contribution in [0.2, 0.25) is 10.0 Å². The van der Waals surface area contributed by atoms with E-state index in [1.165, 1.54) is 16.2 Å². The molecule has 11 heteroatoms. The van der Waals surface area contributed by atoms with Crippen molar-refractivity contribution in [2.24, 2.45) is 12.0 Å². The molecule has 4 rings (SSSR count). The lowest BCUT2D eigenvalue weighted by molar-refractivity contribution is -0.129. The molecule has 0 bridgehead atoms. The topological polar surface area (TPSA) is 100.0 Å². The monoisotopic (exact) mass is 520 g/mol. The van der Waals surface area contributed by atoms with E-state index in [2.05, 4.69) is 4.99 Å². The van der Waals surface area contributed by atoms with E-state index >= 15 is 0 Å². The smallest absolute Gasteiger partial charge is 0.336 e. The van der Waals surface area contributed by atoms with Gasteiger partial charge in [0.05, 0.1) is 43.2 Å². The van der Waals surface area contributed by atoms with Crippen LogP contribution in [0.1, 0.15) is 19.4 Å². The van der Waals surface area contributed by atoms with Crippen LogP contribution in [0.15, 0.2) is 57.0 Å². The average molecular weight is 521 g/mol. The lowest BCUT2D eigenvalue weighted by Crippen LogP contribution is -2.67. The Balaban J connectivity index is 1.94. The molecule has 0 aliphatic carbocycles. The van der Waals surface area contributed by atoms with Gasteiger partial charge in [0.1, 0.15) is 11.3 Å². The molecule has 0 radical (unpaired) electrons. The predicted molar refractivity (Wildman–Crippen MR) is 133 cm³/mol. The van der Waals surface area contributed by atoms with Gasteiger partial charge in [-0.05, 0) is 49.7 Å². The zero-order valence-electron chi connectivity index (χ0n) is 19.6. The van der Waals surface area contributed by atoms with Gasteiger partial charge in [0.2, 0.25) is 5.62 Å². The number of hydrogen-bond acceptors (Lipinski definition) is 6. The van der Waals surface area contributed by atoms with Crippen molar-refractivity contribution >= 4 is 28.9 Å². The van der Waals surface area contributed by atoms with Crippen molar-refractivity contribution in [1.82, 2.24) is 13.7 Å². The molecule has 1 aromatic heterocycles. The van der Waals surface area contributed by atoms with Crippen molar-refractivity contribution in [3.63, 3.8) is 0 Å². The first-order valence-corrected chi connectivity index (χ1v) is 11.8. The molecule has 1 fully saturated rings. The Morgan fingerprint density at radius 2 is 1.80 bits per heavy atom. The number of aliphatic hydroxyl groups excluding tert-OH is 1. The van der Waals surface area contributed by atoms with E-state index in [-0.39, 0.29) is 31.5 Å². The minimum Gasteiger partial charge on any atom is -0.489 e. The maximum Gasteiger partial charge on any atom is 0.336 e. The number of hydrogen-bond donors (Lipinski definition) is 1. The van der Waals surface area contributed by atoms with Gasteiger partial charge in [-0.15, -0.1) is 0 Å². The molecule has 3 aromatic rings. The van der Waals surface area contributed by atoms with Gasteiger partial charge in [-0.3, -0.25) is 9.13 Å². The zero-order valence-corrected chi connectivity index (χ0v) is 21.1. The molecule has 35 heavy (non-hydrogen) atoms. The summed E-state index contributed by atoms with van der Waals surface area (Å²) in [5.41, 5.74) is -1.00. The summed E-state index contributed by atoms with van der Waals surface area (Å²) in [5.74, 6) is 0.508. The van der Waals surface area contributed by atoms with Gasteiger partial charge in [-0.2, -0.15) is 0 Å². The van der Waals surface area contributed by atoms with E-state index < -0.39 is 23.5 Å². The lowest BCUT2D eigenvalue weighted by atomic mass is 9.99. The Bertz CT molecular complexity index is 1410. The summed E-state index contributed by atoms with van der Waals surface area (Å²) in [5, 5.41) is 10.9. The molecule has 186 valence electrons. The van der Waals surface area contributed by atoms with Crippen LogP contribution in [0, 0.1) is 0 Å². The Morgan fingerprint density at radius 3 is 2.34 bits per heavy atom. The number of halogens is 2. The second-order valence-electron chi connectivity index (χ2n) is 8.74. The Labute approximate surface area is 211 Å². The highest BCUT2D eigenvalue weighted by Gasteiger charge is 2.43. The molecule has 0 spiro atoms. The van der Waals surface area contributed by atoms with Crippen molar-refractivity contribution in [2.75, 3.05) is 19.8 Å². The van der Waals surface area contributed by atoms with Crippen LogP contribution in [0.4, 0.5) is 5.69 Å². The quantitative estimate of drug-likeness (QED) is 0.515. The van der Waals surface area contributed by atoms with Crippen LogP contribution >= 0.6 is 23.2 Å². The normalized spacial score (nSPS) is 15.3. The fourth-order valence-corrected chi connectivity index (χ4v) is 4.15. The van der Waals surface area contributed by atoms with E-state index in [4.69, 9.17) is 32.7 Å². The summed E-state index contributed by atoms with van der Waals surface area (Å²) in [6, 6.07) is 12.0. The third-order valence-electron chi connectivity index (χ3n) is 5.71. The van der Waals surface area contributed by atoms with Crippen LogP contribution in [-0.4, -0.2) is 44.7 Å². The molecule has 1 aliphatic rings. The van der Waals surface area contributed by atoms with E-state index in [0.717, 1.165) is 10.1 Å². The van der Waals surface area contributed by atoms with E-state index in [1.54, 1.807) is 42.5 Å². The van der Waals surface area contributed by atoms with Gasteiger partial charge in [0.25, 0.3) is 0 Å². The minimum absolute atomic E-state index is 0.0560. The highest BCUT2D eigenvalue weighted by Crippen LogP contribution is 2.29. The summed E-state index contributed by atoms with van der Waals surface area (Å²) < 4.78 is 14.6. The Kier molecular flexibility index (Phi) is 7.23. The van der Waals surface area contributed by atoms with E-state index in [9.17, 15) is 14.7 Å². The molecular weight excluding hydrogens is 495 g/mol. The first-order valence-electron chi connectivity index (χ1n) is 11.0. The van der Waals surface area contributed by atoms with Crippen molar-refractivity contribution in [3.8, 4) is 5.75 Å². The first kappa shape index (κ1) is 25.2. The summed E-state index contributed by atoms with van der Waals surface area (Å²) in [7, 11) is 1.53. The van der Waals surface area contributed by atoms with Crippen LogP contribution in [0.25, 0.3) is 0 Å².